The third-order valence-corrected chi connectivity index (χ3v) is 3.56. The summed E-state index contributed by atoms with van der Waals surface area (Å²) < 4.78 is 5.31. The van der Waals surface area contributed by atoms with Crippen LogP contribution < -0.4 is 10.1 Å². The van der Waals surface area contributed by atoms with Gasteiger partial charge in [-0.1, -0.05) is 48.0 Å². The van der Waals surface area contributed by atoms with Crippen molar-refractivity contribution < 1.29 is 9.84 Å². The largest absolute Gasteiger partial charge is 0.496 e. The standard InChI is InChI=1S/C16H18ClNO2/c1-20-16-9-5-8-14(17)13(16)10-18-15(11-19)12-6-3-2-4-7-12/h2-9,15,18-19H,10-11H2,1H3. The van der Waals surface area contributed by atoms with E-state index in [1.54, 1.807) is 7.11 Å². The number of rotatable bonds is 6. The summed E-state index contributed by atoms with van der Waals surface area (Å²) in [6.07, 6.45) is 0. The average molecular weight is 292 g/mol. The first-order valence-corrected chi connectivity index (χ1v) is 6.84. The first kappa shape index (κ1) is 14.9. The molecule has 4 heteroatoms. The first-order chi connectivity index (χ1) is 9.76. The molecular weight excluding hydrogens is 274 g/mol. The molecule has 2 rings (SSSR count). The van der Waals surface area contributed by atoms with Gasteiger partial charge in [0.15, 0.2) is 0 Å². The van der Waals surface area contributed by atoms with Crippen LogP contribution in [0.15, 0.2) is 48.5 Å². The van der Waals surface area contributed by atoms with Crippen molar-refractivity contribution >= 4 is 11.6 Å². The molecule has 2 aromatic carbocycles. The lowest BCUT2D eigenvalue weighted by Crippen LogP contribution is -2.24. The molecule has 0 fully saturated rings. The summed E-state index contributed by atoms with van der Waals surface area (Å²) in [6, 6.07) is 15.3. The summed E-state index contributed by atoms with van der Waals surface area (Å²) in [5, 5.41) is 13.5. The van der Waals surface area contributed by atoms with Gasteiger partial charge in [-0.2, -0.15) is 0 Å². The van der Waals surface area contributed by atoms with Crippen molar-refractivity contribution in [2.24, 2.45) is 0 Å². The lowest BCUT2D eigenvalue weighted by Gasteiger charge is -2.18. The van der Waals surface area contributed by atoms with Gasteiger partial charge in [-0.3, -0.25) is 0 Å². The van der Waals surface area contributed by atoms with Gasteiger partial charge in [0, 0.05) is 17.1 Å². The minimum Gasteiger partial charge on any atom is -0.496 e. The summed E-state index contributed by atoms with van der Waals surface area (Å²) >= 11 is 6.20. The fraction of sp³-hybridized carbons (Fsp3) is 0.250. The van der Waals surface area contributed by atoms with E-state index in [1.807, 2.05) is 48.5 Å². The van der Waals surface area contributed by atoms with Crippen molar-refractivity contribution in [3.8, 4) is 5.75 Å². The highest BCUT2D eigenvalue weighted by Crippen LogP contribution is 2.26. The fourth-order valence-corrected chi connectivity index (χ4v) is 2.33. The molecule has 0 saturated carbocycles. The highest BCUT2D eigenvalue weighted by Gasteiger charge is 2.12. The maximum absolute atomic E-state index is 9.53. The normalized spacial score (nSPS) is 12.2. The van der Waals surface area contributed by atoms with Gasteiger partial charge in [0.2, 0.25) is 0 Å². The number of halogens is 1. The summed E-state index contributed by atoms with van der Waals surface area (Å²) in [7, 11) is 1.62. The molecule has 0 amide bonds. The molecule has 1 atom stereocenters. The van der Waals surface area contributed by atoms with Gasteiger partial charge in [0.1, 0.15) is 5.75 Å². The average Bonchev–Trinajstić information content (AvgIpc) is 2.50. The predicted octanol–water partition coefficient (Wildman–Crippen LogP) is 3.17. The van der Waals surface area contributed by atoms with Crippen LogP contribution in [-0.4, -0.2) is 18.8 Å². The zero-order valence-electron chi connectivity index (χ0n) is 11.3. The number of hydrogen-bond donors (Lipinski definition) is 2. The van der Waals surface area contributed by atoms with Crippen molar-refractivity contribution in [2.75, 3.05) is 13.7 Å². The van der Waals surface area contributed by atoms with Gasteiger partial charge in [-0.05, 0) is 17.7 Å². The lowest BCUT2D eigenvalue weighted by molar-refractivity contribution is 0.243. The van der Waals surface area contributed by atoms with Crippen molar-refractivity contribution in [2.45, 2.75) is 12.6 Å². The smallest absolute Gasteiger partial charge is 0.124 e. The van der Waals surface area contributed by atoms with E-state index < -0.39 is 0 Å². The van der Waals surface area contributed by atoms with E-state index in [9.17, 15) is 5.11 Å². The van der Waals surface area contributed by atoms with Gasteiger partial charge >= 0.3 is 0 Å². The molecule has 106 valence electrons. The molecule has 0 aliphatic rings. The Labute approximate surface area is 124 Å². The van der Waals surface area contributed by atoms with E-state index in [1.165, 1.54) is 0 Å². The molecule has 3 nitrogen and oxygen atoms in total. The monoisotopic (exact) mass is 291 g/mol. The van der Waals surface area contributed by atoms with Crippen LogP contribution in [0.1, 0.15) is 17.2 Å². The topological polar surface area (TPSA) is 41.5 Å². The minimum absolute atomic E-state index is 0.0246. The number of hydrogen-bond acceptors (Lipinski definition) is 3. The molecule has 2 N–H and O–H groups in total. The van der Waals surface area contributed by atoms with Crippen LogP contribution in [0.4, 0.5) is 0 Å². The third-order valence-electron chi connectivity index (χ3n) is 3.21. The van der Waals surface area contributed by atoms with Crippen molar-refractivity contribution in [3.63, 3.8) is 0 Å². The number of aliphatic hydroxyl groups is 1. The minimum atomic E-state index is -0.128. The van der Waals surface area contributed by atoms with E-state index in [0.29, 0.717) is 11.6 Å². The summed E-state index contributed by atoms with van der Waals surface area (Å²) in [4.78, 5) is 0. The quantitative estimate of drug-likeness (QED) is 0.859. The van der Waals surface area contributed by atoms with E-state index in [0.717, 1.165) is 16.9 Å². The molecule has 0 aromatic heterocycles. The van der Waals surface area contributed by atoms with Crippen LogP contribution in [0.2, 0.25) is 5.02 Å². The summed E-state index contributed by atoms with van der Waals surface area (Å²) in [5.74, 6) is 0.745. The molecule has 0 heterocycles. The molecule has 0 aliphatic heterocycles. The zero-order chi connectivity index (χ0) is 14.4. The number of aliphatic hydroxyl groups excluding tert-OH is 1. The predicted molar refractivity (Wildman–Crippen MR) is 81.1 cm³/mol. The van der Waals surface area contributed by atoms with E-state index in [-0.39, 0.29) is 12.6 Å². The van der Waals surface area contributed by atoms with Crippen LogP contribution in [0, 0.1) is 0 Å². The number of ether oxygens (including phenoxy) is 1. The Kier molecular flexibility index (Phi) is 5.41. The first-order valence-electron chi connectivity index (χ1n) is 6.46. The molecule has 1 unspecified atom stereocenters. The number of methoxy groups -OCH3 is 1. The van der Waals surface area contributed by atoms with Crippen molar-refractivity contribution in [1.82, 2.24) is 5.32 Å². The molecule has 0 bridgehead atoms. The maximum Gasteiger partial charge on any atom is 0.124 e. The van der Waals surface area contributed by atoms with Crippen LogP contribution in [0.5, 0.6) is 5.75 Å². The lowest BCUT2D eigenvalue weighted by atomic mass is 10.1. The number of nitrogens with one attached hydrogen (secondary N) is 1. The summed E-state index contributed by atoms with van der Waals surface area (Å²) in [6.45, 7) is 0.555. The van der Waals surface area contributed by atoms with E-state index >= 15 is 0 Å². The van der Waals surface area contributed by atoms with E-state index in [2.05, 4.69) is 5.32 Å². The Morgan fingerprint density at radius 1 is 1.15 bits per heavy atom. The Hall–Kier alpha value is -1.55. The third kappa shape index (κ3) is 3.51. The van der Waals surface area contributed by atoms with Crippen molar-refractivity contribution in [1.29, 1.82) is 0 Å². The highest BCUT2D eigenvalue weighted by molar-refractivity contribution is 6.31. The molecule has 0 radical (unpaired) electrons. The van der Waals surface area contributed by atoms with Gasteiger partial charge < -0.3 is 15.2 Å². The van der Waals surface area contributed by atoms with Crippen molar-refractivity contribution in [3.05, 3.63) is 64.7 Å². The molecule has 0 saturated heterocycles. The second-order valence-corrected chi connectivity index (χ2v) is 4.85. The Morgan fingerprint density at radius 3 is 2.55 bits per heavy atom. The van der Waals surface area contributed by atoms with E-state index in [4.69, 9.17) is 16.3 Å². The van der Waals surface area contributed by atoms with Gasteiger partial charge in [0.05, 0.1) is 19.8 Å². The zero-order valence-corrected chi connectivity index (χ0v) is 12.1. The molecule has 20 heavy (non-hydrogen) atoms. The van der Waals surface area contributed by atoms with Crippen LogP contribution in [0.3, 0.4) is 0 Å². The van der Waals surface area contributed by atoms with Crippen LogP contribution in [0.25, 0.3) is 0 Å². The van der Waals surface area contributed by atoms with Gasteiger partial charge in [-0.15, -0.1) is 0 Å². The second-order valence-electron chi connectivity index (χ2n) is 4.45. The Morgan fingerprint density at radius 2 is 1.90 bits per heavy atom. The van der Waals surface area contributed by atoms with Crippen LogP contribution in [-0.2, 0) is 6.54 Å². The summed E-state index contributed by atoms with van der Waals surface area (Å²) in [5.41, 5.74) is 1.94. The molecule has 0 spiro atoms. The maximum atomic E-state index is 9.53. The Bertz CT molecular complexity index is 545. The fourth-order valence-electron chi connectivity index (χ4n) is 2.10. The molecule has 0 aliphatic carbocycles. The van der Waals surface area contributed by atoms with Gasteiger partial charge in [0.25, 0.3) is 0 Å². The number of benzene rings is 2. The Balaban J connectivity index is 2.11. The van der Waals surface area contributed by atoms with Gasteiger partial charge in [-0.25, -0.2) is 0 Å². The van der Waals surface area contributed by atoms with Crippen LogP contribution >= 0.6 is 11.6 Å². The SMILES string of the molecule is COc1cccc(Cl)c1CNC(CO)c1ccccc1. The molecular formula is C16H18ClNO2. The second kappa shape index (κ2) is 7.29. The highest BCUT2D eigenvalue weighted by atomic mass is 35.5. The molecule has 2 aromatic rings.